The second-order valence-electron chi connectivity index (χ2n) is 4.81. The van der Waals surface area contributed by atoms with Gasteiger partial charge in [0.05, 0.1) is 9.82 Å². The number of nitrogens with zero attached hydrogens (tertiary/aromatic N) is 3. The summed E-state index contributed by atoms with van der Waals surface area (Å²) in [5, 5.41) is 20.4. The van der Waals surface area contributed by atoms with Crippen molar-refractivity contribution < 1.29 is 9.72 Å². The molecule has 0 atom stereocenters. The van der Waals surface area contributed by atoms with E-state index in [0.29, 0.717) is 5.69 Å². The Labute approximate surface area is 145 Å². The van der Waals surface area contributed by atoms with Gasteiger partial charge in [-0.05, 0) is 36.4 Å². The highest BCUT2D eigenvalue weighted by molar-refractivity contribution is 7.99. The van der Waals surface area contributed by atoms with Crippen LogP contribution in [0.3, 0.4) is 0 Å². The number of carbonyl (C=O) groups is 1. The average Bonchev–Trinajstić information content (AvgIpc) is 2.52. The third-order valence-corrected chi connectivity index (χ3v) is 3.88. The number of primary amides is 1. The maximum Gasteiger partial charge on any atom is 0.283 e. The van der Waals surface area contributed by atoms with Gasteiger partial charge in [-0.2, -0.15) is 5.26 Å². The van der Waals surface area contributed by atoms with Crippen molar-refractivity contribution in [2.75, 3.05) is 0 Å². The van der Waals surface area contributed by atoms with Crippen LogP contribution in [0.15, 0.2) is 44.7 Å². The number of benzene rings is 1. The Morgan fingerprint density at radius 1 is 1.48 bits per heavy atom. The highest BCUT2D eigenvalue weighted by atomic mass is 32.2. The highest BCUT2D eigenvalue weighted by Gasteiger charge is 2.17. The molecule has 0 radical (unpaired) electrons. The Morgan fingerprint density at radius 3 is 2.76 bits per heavy atom. The van der Waals surface area contributed by atoms with Crippen LogP contribution in [0.5, 0.6) is 0 Å². The van der Waals surface area contributed by atoms with Gasteiger partial charge in [0.15, 0.2) is 5.16 Å². The van der Waals surface area contributed by atoms with Crippen LogP contribution in [-0.4, -0.2) is 20.8 Å². The van der Waals surface area contributed by atoms with Crippen LogP contribution in [0.4, 0.5) is 5.69 Å². The van der Waals surface area contributed by atoms with Gasteiger partial charge in [-0.25, -0.2) is 4.98 Å². The van der Waals surface area contributed by atoms with Crippen molar-refractivity contribution >= 4 is 29.4 Å². The summed E-state index contributed by atoms with van der Waals surface area (Å²) in [4.78, 5) is 40.1. The Balaban J connectivity index is 2.46. The van der Waals surface area contributed by atoms with E-state index in [0.717, 1.165) is 17.8 Å². The standard InChI is InChI=1S/C15H11N5O4S/c1-8-4-13(21)19-15(18-8)25-12-3-2-9(6-11(12)20(23)24)5-10(7-16)14(17)22/h2-6H,1H3,(H2,17,22)(H,18,19,21)/b10-5+. The molecule has 1 aromatic carbocycles. The van der Waals surface area contributed by atoms with Crippen molar-refractivity contribution in [3.8, 4) is 6.07 Å². The molecule has 1 amide bonds. The number of nitro groups is 1. The maximum atomic E-state index is 11.5. The van der Waals surface area contributed by atoms with Crippen molar-refractivity contribution in [2.45, 2.75) is 17.0 Å². The molecule has 10 heteroatoms. The topological polar surface area (TPSA) is 156 Å². The van der Waals surface area contributed by atoms with Crippen LogP contribution >= 0.6 is 11.8 Å². The monoisotopic (exact) mass is 357 g/mol. The average molecular weight is 357 g/mol. The molecule has 0 aliphatic carbocycles. The Hall–Kier alpha value is -3.45. The van der Waals surface area contributed by atoms with Gasteiger partial charge in [0, 0.05) is 17.8 Å². The number of nitrogens with two attached hydrogens (primary N) is 1. The maximum absolute atomic E-state index is 11.5. The third kappa shape index (κ3) is 4.52. The number of H-pyrrole nitrogens is 1. The van der Waals surface area contributed by atoms with E-state index in [2.05, 4.69) is 9.97 Å². The molecule has 0 fully saturated rings. The summed E-state index contributed by atoms with van der Waals surface area (Å²) in [5.41, 5.74) is 4.86. The lowest BCUT2D eigenvalue weighted by Crippen LogP contribution is -2.12. The second-order valence-corrected chi connectivity index (χ2v) is 5.84. The summed E-state index contributed by atoms with van der Waals surface area (Å²) in [6.45, 7) is 1.63. The molecule has 0 aliphatic rings. The fourth-order valence-corrected chi connectivity index (χ4v) is 2.81. The second kappa shape index (κ2) is 7.41. The number of aryl methyl sites for hydroxylation is 1. The van der Waals surface area contributed by atoms with E-state index in [-0.39, 0.29) is 32.4 Å². The summed E-state index contributed by atoms with van der Waals surface area (Å²) < 4.78 is 0. The van der Waals surface area contributed by atoms with E-state index >= 15 is 0 Å². The van der Waals surface area contributed by atoms with Crippen LogP contribution in [0, 0.1) is 28.4 Å². The van der Waals surface area contributed by atoms with Gasteiger partial charge in [0.25, 0.3) is 17.2 Å². The van der Waals surface area contributed by atoms with E-state index in [1.165, 1.54) is 24.3 Å². The van der Waals surface area contributed by atoms with Crippen LogP contribution in [0.2, 0.25) is 0 Å². The molecule has 1 aromatic heterocycles. The number of hydrogen-bond donors (Lipinski definition) is 2. The van der Waals surface area contributed by atoms with Gasteiger partial charge in [-0.1, -0.05) is 6.07 Å². The summed E-state index contributed by atoms with van der Waals surface area (Å²) in [6, 6.07) is 7.06. The number of nitrogens with one attached hydrogen (secondary N) is 1. The number of nitriles is 1. The molecule has 0 aliphatic heterocycles. The first kappa shape index (κ1) is 17.9. The highest BCUT2D eigenvalue weighted by Crippen LogP contribution is 2.33. The predicted octanol–water partition coefficient (Wildman–Crippen LogP) is 1.53. The lowest BCUT2D eigenvalue weighted by Gasteiger charge is -2.04. The molecule has 0 spiro atoms. The molecule has 2 aromatic rings. The molecule has 25 heavy (non-hydrogen) atoms. The lowest BCUT2D eigenvalue weighted by atomic mass is 10.1. The van der Waals surface area contributed by atoms with E-state index in [9.17, 15) is 19.7 Å². The molecule has 0 unspecified atom stereocenters. The predicted molar refractivity (Wildman–Crippen MR) is 89.6 cm³/mol. The van der Waals surface area contributed by atoms with Crippen LogP contribution in [0.1, 0.15) is 11.3 Å². The van der Waals surface area contributed by atoms with Crippen molar-refractivity contribution in [1.29, 1.82) is 5.26 Å². The van der Waals surface area contributed by atoms with Crippen LogP contribution in [-0.2, 0) is 4.79 Å². The zero-order valence-corrected chi connectivity index (χ0v) is 13.7. The number of aromatic amines is 1. The Morgan fingerprint density at radius 2 is 2.20 bits per heavy atom. The minimum atomic E-state index is -0.926. The molecule has 0 saturated heterocycles. The van der Waals surface area contributed by atoms with Gasteiger partial charge in [0.1, 0.15) is 11.6 Å². The van der Waals surface area contributed by atoms with Gasteiger partial charge in [0.2, 0.25) is 0 Å². The number of hydrogen-bond acceptors (Lipinski definition) is 7. The first-order valence-corrected chi connectivity index (χ1v) is 7.57. The number of nitro benzene ring substituents is 1. The Kier molecular flexibility index (Phi) is 5.31. The van der Waals surface area contributed by atoms with E-state index < -0.39 is 10.8 Å². The normalized spacial score (nSPS) is 11.0. The summed E-state index contributed by atoms with van der Waals surface area (Å²) in [6.07, 6.45) is 1.16. The first-order chi connectivity index (χ1) is 11.8. The zero-order valence-electron chi connectivity index (χ0n) is 12.8. The molecule has 9 nitrogen and oxygen atoms in total. The van der Waals surface area contributed by atoms with E-state index in [4.69, 9.17) is 11.0 Å². The first-order valence-electron chi connectivity index (χ1n) is 6.76. The lowest BCUT2D eigenvalue weighted by molar-refractivity contribution is -0.387. The minimum absolute atomic E-state index is 0.214. The molecule has 0 saturated carbocycles. The van der Waals surface area contributed by atoms with Crippen molar-refractivity contribution in [1.82, 2.24) is 9.97 Å². The van der Waals surface area contributed by atoms with Crippen molar-refractivity contribution in [3.63, 3.8) is 0 Å². The summed E-state index contributed by atoms with van der Waals surface area (Å²) in [5.74, 6) is -0.926. The number of rotatable bonds is 5. The zero-order chi connectivity index (χ0) is 18.6. The smallest absolute Gasteiger partial charge is 0.283 e. The number of aromatic nitrogens is 2. The largest absolute Gasteiger partial charge is 0.365 e. The summed E-state index contributed by atoms with van der Waals surface area (Å²) >= 11 is 0.925. The quantitative estimate of drug-likeness (QED) is 0.270. The molecule has 0 bridgehead atoms. The fraction of sp³-hybridized carbons (Fsp3) is 0.0667. The fourth-order valence-electron chi connectivity index (χ4n) is 1.88. The van der Waals surface area contributed by atoms with Gasteiger partial charge in [-0.15, -0.1) is 0 Å². The molecular formula is C15H11N5O4S. The Bertz CT molecular complexity index is 990. The number of amides is 1. The van der Waals surface area contributed by atoms with Gasteiger partial charge >= 0.3 is 0 Å². The van der Waals surface area contributed by atoms with E-state index in [1.807, 2.05) is 0 Å². The van der Waals surface area contributed by atoms with Gasteiger partial charge < -0.3 is 10.7 Å². The minimum Gasteiger partial charge on any atom is -0.365 e. The molecule has 126 valence electrons. The SMILES string of the molecule is Cc1cc(=O)[nH]c(Sc2ccc(/C=C(\C#N)C(N)=O)cc2[N+](=O)[O-])n1. The third-order valence-electron chi connectivity index (χ3n) is 2.93. The van der Waals surface area contributed by atoms with E-state index in [1.54, 1.807) is 13.0 Å². The van der Waals surface area contributed by atoms with Crippen LogP contribution in [0.25, 0.3) is 6.08 Å². The van der Waals surface area contributed by atoms with Crippen LogP contribution < -0.4 is 11.3 Å². The van der Waals surface area contributed by atoms with Crippen molar-refractivity contribution in [3.05, 3.63) is 61.6 Å². The molecule has 3 N–H and O–H groups in total. The van der Waals surface area contributed by atoms with Gasteiger partial charge in [-0.3, -0.25) is 19.7 Å². The molecular weight excluding hydrogens is 346 g/mol. The summed E-state index contributed by atoms with van der Waals surface area (Å²) in [7, 11) is 0. The van der Waals surface area contributed by atoms with Crippen molar-refractivity contribution in [2.24, 2.45) is 5.73 Å². The molecule has 1 heterocycles. The molecule has 2 rings (SSSR count). The number of carbonyl (C=O) groups excluding carboxylic acids is 1.